The van der Waals surface area contributed by atoms with Gasteiger partial charge in [0.15, 0.2) is 5.82 Å². The first-order valence-electron chi connectivity index (χ1n) is 8.11. The minimum absolute atomic E-state index is 0.715. The first-order valence-corrected chi connectivity index (χ1v) is 8.11. The lowest BCUT2D eigenvalue weighted by Crippen LogP contribution is -2.34. The molecular formula is C17H24N6. The minimum atomic E-state index is 0.715. The van der Waals surface area contributed by atoms with Gasteiger partial charge in [-0.05, 0) is 43.0 Å². The molecule has 0 atom stereocenters. The number of nitrogens with one attached hydrogen (secondary N) is 1. The number of anilines is 4. The monoisotopic (exact) mass is 312 g/mol. The molecular weight excluding hydrogens is 288 g/mol. The first-order chi connectivity index (χ1) is 11.1. The summed E-state index contributed by atoms with van der Waals surface area (Å²) >= 11 is 0. The number of hydrogen-bond acceptors (Lipinski definition) is 6. The van der Waals surface area contributed by atoms with E-state index in [4.69, 9.17) is 0 Å². The zero-order chi connectivity index (χ0) is 16.2. The minimum Gasteiger partial charge on any atom is -0.378 e. The van der Waals surface area contributed by atoms with Gasteiger partial charge >= 0.3 is 0 Å². The fraction of sp³-hybridized carbons (Fsp3) is 0.471. The van der Waals surface area contributed by atoms with Crippen LogP contribution in [-0.4, -0.2) is 42.4 Å². The van der Waals surface area contributed by atoms with E-state index in [1.165, 1.54) is 18.5 Å². The van der Waals surface area contributed by atoms with Gasteiger partial charge in [-0.15, -0.1) is 5.10 Å². The van der Waals surface area contributed by atoms with Crippen LogP contribution in [0.2, 0.25) is 0 Å². The molecule has 0 aliphatic carbocycles. The number of piperidine rings is 1. The molecule has 6 heteroatoms. The lowest BCUT2D eigenvalue weighted by molar-refractivity contribution is 0.433. The largest absolute Gasteiger partial charge is 0.378 e. The van der Waals surface area contributed by atoms with E-state index >= 15 is 0 Å². The Morgan fingerprint density at radius 1 is 1.13 bits per heavy atom. The van der Waals surface area contributed by atoms with Gasteiger partial charge in [0.1, 0.15) is 0 Å². The molecule has 1 fully saturated rings. The van der Waals surface area contributed by atoms with Crippen molar-refractivity contribution in [1.82, 2.24) is 15.2 Å². The van der Waals surface area contributed by atoms with Crippen molar-refractivity contribution in [3.05, 3.63) is 30.5 Å². The summed E-state index contributed by atoms with van der Waals surface area (Å²) < 4.78 is 0. The van der Waals surface area contributed by atoms with Gasteiger partial charge in [0.2, 0.25) is 5.95 Å². The molecule has 3 rings (SSSR count). The molecule has 1 aliphatic heterocycles. The van der Waals surface area contributed by atoms with E-state index in [1.807, 2.05) is 26.2 Å². The van der Waals surface area contributed by atoms with E-state index in [-0.39, 0.29) is 0 Å². The molecule has 0 bridgehead atoms. The standard InChI is InChI=1S/C17H24N6/c1-13-8-10-23(11-9-13)17-20-16(12-18-21-17)19-14-4-6-15(7-5-14)22(2)3/h4-7,12-13H,8-11H2,1-3H3,(H,19,20,21). The maximum Gasteiger partial charge on any atom is 0.247 e. The van der Waals surface area contributed by atoms with Gasteiger partial charge in [0.05, 0.1) is 6.20 Å². The van der Waals surface area contributed by atoms with Gasteiger partial charge in [-0.1, -0.05) is 6.92 Å². The summed E-state index contributed by atoms with van der Waals surface area (Å²) in [6, 6.07) is 8.23. The number of rotatable bonds is 4. The van der Waals surface area contributed by atoms with E-state index < -0.39 is 0 Å². The Hall–Kier alpha value is -2.37. The zero-order valence-corrected chi connectivity index (χ0v) is 14.0. The first kappa shape index (κ1) is 15.5. The van der Waals surface area contributed by atoms with Crippen molar-refractivity contribution in [1.29, 1.82) is 0 Å². The van der Waals surface area contributed by atoms with Crippen molar-refractivity contribution in [2.24, 2.45) is 5.92 Å². The van der Waals surface area contributed by atoms with Crippen LogP contribution in [0.4, 0.5) is 23.1 Å². The second-order valence-corrected chi connectivity index (χ2v) is 6.38. The van der Waals surface area contributed by atoms with E-state index in [0.29, 0.717) is 5.95 Å². The summed E-state index contributed by atoms with van der Waals surface area (Å²) in [5.74, 6) is 2.23. The molecule has 0 unspecified atom stereocenters. The summed E-state index contributed by atoms with van der Waals surface area (Å²) in [5, 5.41) is 11.6. The van der Waals surface area contributed by atoms with Crippen LogP contribution in [0.25, 0.3) is 0 Å². The molecule has 0 spiro atoms. The van der Waals surface area contributed by atoms with Gasteiger partial charge in [-0.3, -0.25) is 0 Å². The Bertz CT molecular complexity index is 632. The molecule has 0 radical (unpaired) electrons. The molecule has 1 saturated heterocycles. The van der Waals surface area contributed by atoms with E-state index in [9.17, 15) is 0 Å². The summed E-state index contributed by atoms with van der Waals surface area (Å²) in [6.45, 7) is 4.31. The second-order valence-electron chi connectivity index (χ2n) is 6.38. The Balaban J connectivity index is 1.70. The van der Waals surface area contributed by atoms with Crippen molar-refractivity contribution < 1.29 is 0 Å². The Morgan fingerprint density at radius 3 is 2.48 bits per heavy atom. The Morgan fingerprint density at radius 2 is 1.83 bits per heavy atom. The average Bonchev–Trinajstić information content (AvgIpc) is 2.56. The summed E-state index contributed by atoms with van der Waals surface area (Å²) in [4.78, 5) is 8.90. The number of nitrogens with zero attached hydrogens (tertiary/aromatic N) is 5. The summed E-state index contributed by atoms with van der Waals surface area (Å²) in [7, 11) is 4.06. The molecule has 1 aromatic heterocycles. The SMILES string of the molecule is CC1CCN(c2nncc(Nc3ccc(N(C)C)cc3)n2)CC1. The fourth-order valence-electron chi connectivity index (χ4n) is 2.69. The number of aromatic nitrogens is 3. The molecule has 1 aliphatic rings. The molecule has 1 N–H and O–H groups in total. The highest BCUT2D eigenvalue weighted by Gasteiger charge is 2.18. The molecule has 0 saturated carbocycles. The quantitative estimate of drug-likeness (QED) is 0.937. The van der Waals surface area contributed by atoms with Crippen LogP contribution < -0.4 is 15.1 Å². The molecule has 2 heterocycles. The van der Waals surface area contributed by atoms with Crippen molar-refractivity contribution in [2.45, 2.75) is 19.8 Å². The van der Waals surface area contributed by atoms with Gasteiger partial charge in [0, 0.05) is 38.6 Å². The van der Waals surface area contributed by atoms with Crippen LogP contribution in [-0.2, 0) is 0 Å². The van der Waals surface area contributed by atoms with Gasteiger partial charge < -0.3 is 15.1 Å². The number of benzene rings is 1. The summed E-state index contributed by atoms with van der Waals surface area (Å²) in [5.41, 5.74) is 2.16. The molecule has 2 aromatic rings. The fourth-order valence-corrected chi connectivity index (χ4v) is 2.69. The Kier molecular flexibility index (Phi) is 4.60. The molecule has 122 valence electrons. The predicted molar refractivity (Wildman–Crippen MR) is 94.5 cm³/mol. The van der Waals surface area contributed by atoms with Gasteiger partial charge in [-0.25, -0.2) is 0 Å². The maximum absolute atomic E-state index is 4.61. The van der Waals surface area contributed by atoms with E-state index in [1.54, 1.807) is 6.20 Å². The summed E-state index contributed by atoms with van der Waals surface area (Å²) in [6.07, 6.45) is 4.04. The van der Waals surface area contributed by atoms with Crippen LogP contribution >= 0.6 is 0 Å². The third-order valence-electron chi connectivity index (χ3n) is 4.27. The smallest absolute Gasteiger partial charge is 0.247 e. The van der Waals surface area contributed by atoms with E-state index in [2.05, 4.69) is 49.4 Å². The zero-order valence-electron chi connectivity index (χ0n) is 14.0. The predicted octanol–water partition coefficient (Wildman–Crippen LogP) is 2.92. The van der Waals surface area contributed by atoms with Crippen LogP contribution in [0.15, 0.2) is 30.5 Å². The topological polar surface area (TPSA) is 57.2 Å². The highest BCUT2D eigenvalue weighted by atomic mass is 15.3. The molecule has 0 amide bonds. The van der Waals surface area contributed by atoms with Gasteiger partial charge in [-0.2, -0.15) is 10.1 Å². The van der Waals surface area contributed by atoms with Crippen molar-refractivity contribution in [3.63, 3.8) is 0 Å². The van der Waals surface area contributed by atoms with Crippen molar-refractivity contribution in [3.8, 4) is 0 Å². The third-order valence-corrected chi connectivity index (χ3v) is 4.27. The maximum atomic E-state index is 4.61. The second kappa shape index (κ2) is 6.81. The highest BCUT2D eigenvalue weighted by Crippen LogP contribution is 2.22. The van der Waals surface area contributed by atoms with Crippen LogP contribution in [0, 0.1) is 5.92 Å². The molecule has 1 aromatic carbocycles. The van der Waals surface area contributed by atoms with Crippen molar-refractivity contribution >= 4 is 23.1 Å². The van der Waals surface area contributed by atoms with Crippen LogP contribution in [0.5, 0.6) is 0 Å². The van der Waals surface area contributed by atoms with Crippen molar-refractivity contribution in [2.75, 3.05) is 42.3 Å². The lowest BCUT2D eigenvalue weighted by atomic mass is 10.00. The highest BCUT2D eigenvalue weighted by molar-refractivity contribution is 5.60. The lowest BCUT2D eigenvalue weighted by Gasteiger charge is -2.29. The molecule has 6 nitrogen and oxygen atoms in total. The normalized spacial score (nSPS) is 15.5. The third kappa shape index (κ3) is 3.88. The number of hydrogen-bond donors (Lipinski definition) is 1. The molecule has 23 heavy (non-hydrogen) atoms. The van der Waals surface area contributed by atoms with Crippen LogP contribution in [0.1, 0.15) is 19.8 Å². The van der Waals surface area contributed by atoms with E-state index in [0.717, 1.165) is 30.5 Å². The van der Waals surface area contributed by atoms with Gasteiger partial charge in [0.25, 0.3) is 0 Å². The Labute approximate surface area is 137 Å². The van der Waals surface area contributed by atoms with Crippen LogP contribution in [0.3, 0.4) is 0 Å². The average molecular weight is 312 g/mol.